The minimum Gasteiger partial charge on any atom is -0.391 e. The lowest BCUT2D eigenvalue weighted by Gasteiger charge is -2.18. The van der Waals surface area contributed by atoms with Crippen LogP contribution < -0.4 is 5.73 Å². The normalized spacial score (nSPS) is 15.2. The van der Waals surface area contributed by atoms with Crippen molar-refractivity contribution in [2.24, 2.45) is 5.73 Å². The van der Waals surface area contributed by atoms with Crippen LogP contribution in [0.3, 0.4) is 0 Å². The van der Waals surface area contributed by atoms with Crippen molar-refractivity contribution in [3.63, 3.8) is 0 Å². The molecule has 0 radical (unpaired) electrons. The summed E-state index contributed by atoms with van der Waals surface area (Å²) >= 11 is 3.45. The molecule has 0 unspecified atom stereocenters. The number of aliphatic hydroxyl groups is 1. The Balaban J connectivity index is 2.91. The van der Waals surface area contributed by atoms with Gasteiger partial charge in [-0.15, -0.1) is 0 Å². The molecule has 0 bridgehead atoms. The summed E-state index contributed by atoms with van der Waals surface area (Å²) < 4.78 is 1.04. The van der Waals surface area contributed by atoms with Crippen LogP contribution in [0.5, 0.6) is 0 Å². The molecule has 0 aliphatic heterocycles. The minimum atomic E-state index is -0.468. The van der Waals surface area contributed by atoms with E-state index in [-0.39, 0.29) is 6.04 Å². The quantitative estimate of drug-likeness (QED) is 0.875. The molecule has 78 valence electrons. The van der Waals surface area contributed by atoms with Gasteiger partial charge in [0.1, 0.15) is 0 Å². The van der Waals surface area contributed by atoms with Gasteiger partial charge >= 0.3 is 0 Å². The number of aliphatic hydroxyl groups excluding tert-OH is 1. The molecule has 0 heterocycles. The zero-order chi connectivity index (χ0) is 10.7. The third-order valence-corrected chi connectivity index (χ3v) is 3.27. The second kappa shape index (κ2) is 4.91. The fraction of sp³-hybridized carbons (Fsp3) is 0.455. The molecule has 3 N–H and O–H groups in total. The van der Waals surface area contributed by atoms with E-state index >= 15 is 0 Å². The van der Waals surface area contributed by atoms with E-state index in [1.165, 1.54) is 5.56 Å². The largest absolute Gasteiger partial charge is 0.391 e. The molecule has 14 heavy (non-hydrogen) atoms. The zero-order valence-corrected chi connectivity index (χ0v) is 10.1. The second-order valence-electron chi connectivity index (χ2n) is 3.51. The first-order chi connectivity index (χ1) is 6.56. The topological polar surface area (TPSA) is 46.2 Å². The highest BCUT2D eigenvalue weighted by Gasteiger charge is 2.15. The van der Waals surface area contributed by atoms with Crippen molar-refractivity contribution in [2.45, 2.75) is 32.4 Å². The monoisotopic (exact) mass is 257 g/mol. The van der Waals surface area contributed by atoms with Gasteiger partial charge in [0.15, 0.2) is 0 Å². The van der Waals surface area contributed by atoms with Crippen molar-refractivity contribution in [3.05, 3.63) is 33.8 Å². The van der Waals surface area contributed by atoms with E-state index in [2.05, 4.69) is 15.9 Å². The van der Waals surface area contributed by atoms with Gasteiger partial charge in [0, 0.05) is 4.47 Å². The lowest BCUT2D eigenvalue weighted by molar-refractivity contribution is 0.140. The number of aryl methyl sites for hydroxylation is 1. The third kappa shape index (κ3) is 2.56. The lowest BCUT2D eigenvalue weighted by atomic mass is 10.00. The predicted molar refractivity (Wildman–Crippen MR) is 62.1 cm³/mol. The van der Waals surface area contributed by atoms with Gasteiger partial charge in [0.2, 0.25) is 0 Å². The van der Waals surface area contributed by atoms with E-state index in [1.807, 2.05) is 32.0 Å². The molecule has 0 saturated carbocycles. The average Bonchev–Trinajstić information content (AvgIpc) is 2.20. The highest BCUT2D eigenvalue weighted by Crippen LogP contribution is 2.23. The third-order valence-electron chi connectivity index (χ3n) is 2.41. The van der Waals surface area contributed by atoms with Crippen LogP contribution in [0, 0.1) is 6.92 Å². The fourth-order valence-electron chi connectivity index (χ4n) is 1.29. The van der Waals surface area contributed by atoms with Crippen LogP contribution in [-0.2, 0) is 0 Å². The lowest BCUT2D eigenvalue weighted by Crippen LogP contribution is -2.25. The van der Waals surface area contributed by atoms with Crippen LogP contribution in [-0.4, -0.2) is 11.2 Å². The van der Waals surface area contributed by atoms with Crippen molar-refractivity contribution in [1.29, 1.82) is 0 Å². The smallest absolute Gasteiger partial charge is 0.0730 e. The Labute approximate surface area is 93.3 Å². The van der Waals surface area contributed by atoms with Gasteiger partial charge in [-0.3, -0.25) is 0 Å². The summed E-state index contributed by atoms with van der Waals surface area (Å²) in [4.78, 5) is 0. The molecule has 0 aromatic heterocycles. The summed E-state index contributed by atoms with van der Waals surface area (Å²) in [5.41, 5.74) is 8.04. The highest BCUT2D eigenvalue weighted by atomic mass is 79.9. The summed E-state index contributed by atoms with van der Waals surface area (Å²) in [5.74, 6) is 0. The number of hydrogen-bond donors (Lipinski definition) is 2. The molecular formula is C11H16BrNO. The molecule has 3 heteroatoms. The summed E-state index contributed by atoms with van der Waals surface area (Å²) in [6.45, 7) is 3.95. The molecule has 2 atom stereocenters. The van der Waals surface area contributed by atoms with Gasteiger partial charge in [-0.25, -0.2) is 0 Å². The molecule has 1 rings (SSSR count). The Morgan fingerprint density at radius 1 is 1.50 bits per heavy atom. The predicted octanol–water partition coefficient (Wildman–Crippen LogP) is 2.53. The maximum atomic E-state index is 9.60. The zero-order valence-electron chi connectivity index (χ0n) is 8.50. The van der Waals surface area contributed by atoms with Crippen LogP contribution in [0.25, 0.3) is 0 Å². The average molecular weight is 258 g/mol. The molecule has 0 aliphatic rings. The second-order valence-corrected chi connectivity index (χ2v) is 4.36. The standard InChI is InChI=1S/C11H16BrNO/c1-3-10(14)11(13)8-5-4-7(2)9(12)6-8/h4-6,10-11,14H,3,13H2,1-2H3/t10-,11+/m1/s1. The van der Waals surface area contributed by atoms with E-state index < -0.39 is 6.10 Å². The van der Waals surface area contributed by atoms with Gasteiger partial charge in [0.25, 0.3) is 0 Å². The number of halogens is 1. The number of hydrogen-bond acceptors (Lipinski definition) is 2. The fourth-order valence-corrected chi connectivity index (χ4v) is 1.69. The molecule has 2 nitrogen and oxygen atoms in total. The maximum absolute atomic E-state index is 9.60. The maximum Gasteiger partial charge on any atom is 0.0730 e. The van der Waals surface area contributed by atoms with Crippen LogP contribution >= 0.6 is 15.9 Å². The van der Waals surface area contributed by atoms with Crippen molar-refractivity contribution in [1.82, 2.24) is 0 Å². The number of benzene rings is 1. The van der Waals surface area contributed by atoms with Gasteiger partial charge in [0.05, 0.1) is 12.1 Å². The summed E-state index contributed by atoms with van der Waals surface area (Å²) in [5, 5.41) is 9.60. The Morgan fingerprint density at radius 3 is 2.64 bits per heavy atom. The van der Waals surface area contributed by atoms with E-state index in [0.717, 1.165) is 10.0 Å². The molecule has 0 amide bonds. The van der Waals surface area contributed by atoms with Crippen molar-refractivity contribution >= 4 is 15.9 Å². The Morgan fingerprint density at radius 2 is 2.14 bits per heavy atom. The van der Waals surface area contributed by atoms with E-state index in [1.54, 1.807) is 0 Å². The van der Waals surface area contributed by atoms with Gasteiger partial charge in [-0.1, -0.05) is 35.0 Å². The van der Waals surface area contributed by atoms with Gasteiger partial charge < -0.3 is 10.8 Å². The van der Waals surface area contributed by atoms with Gasteiger partial charge in [-0.2, -0.15) is 0 Å². The highest BCUT2D eigenvalue weighted by molar-refractivity contribution is 9.10. The first-order valence-electron chi connectivity index (χ1n) is 4.76. The van der Waals surface area contributed by atoms with Crippen LogP contribution in [0.15, 0.2) is 22.7 Å². The van der Waals surface area contributed by atoms with Crippen LogP contribution in [0.4, 0.5) is 0 Å². The van der Waals surface area contributed by atoms with Gasteiger partial charge in [-0.05, 0) is 30.5 Å². The molecule has 1 aromatic rings. The SMILES string of the molecule is CC[C@@H](O)[C@@H](N)c1ccc(C)c(Br)c1. The Kier molecular flexibility index (Phi) is 4.11. The number of rotatable bonds is 3. The van der Waals surface area contributed by atoms with Crippen molar-refractivity contribution in [3.8, 4) is 0 Å². The Bertz CT molecular complexity index is 314. The molecule has 0 spiro atoms. The van der Waals surface area contributed by atoms with Crippen LogP contribution in [0.1, 0.15) is 30.5 Å². The summed E-state index contributed by atoms with van der Waals surface area (Å²) in [6.07, 6.45) is 0.205. The summed E-state index contributed by atoms with van der Waals surface area (Å²) in [6, 6.07) is 5.64. The molecule has 0 saturated heterocycles. The molecular weight excluding hydrogens is 242 g/mol. The minimum absolute atomic E-state index is 0.295. The Hall–Kier alpha value is -0.380. The first-order valence-corrected chi connectivity index (χ1v) is 5.55. The van der Waals surface area contributed by atoms with Crippen molar-refractivity contribution < 1.29 is 5.11 Å². The number of nitrogens with two attached hydrogens (primary N) is 1. The molecule has 0 fully saturated rings. The van der Waals surface area contributed by atoms with Crippen molar-refractivity contribution in [2.75, 3.05) is 0 Å². The van der Waals surface area contributed by atoms with E-state index in [9.17, 15) is 5.11 Å². The first kappa shape index (κ1) is 11.7. The van der Waals surface area contributed by atoms with E-state index in [4.69, 9.17) is 5.73 Å². The van der Waals surface area contributed by atoms with E-state index in [0.29, 0.717) is 6.42 Å². The molecule has 1 aromatic carbocycles. The molecule has 0 aliphatic carbocycles. The van der Waals surface area contributed by atoms with Crippen LogP contribution in [0.2, 0.25) is 0 Å². The summed E-state index contributed by atoms with van der Waals surface area (Å²) in [7, 11) is 0.